The van der Waals surface area contributed by atoms with E-state index in [9.17, 15) is 4.79 Å². The summed E-state index contributed by atoms with van der Waals surface area (Å²) < 4.78 is 6.57. The Morgan fingerprint density at radius 3 is 2.93 bits per heavy atom. The summed E-state index contributed by atoms with van der Waals surface area (Å²) in [5.74, 6) is -0.175. The Hall–Kier alpha value is -1.11. The van der Waals surface area contributed by atoms with Crippen LogP contribution in [0.15, 0.2) is 5.16 Å². The van der Waals surface area contributed by atoms with Crippen molar-refractivity contribution in [2.45, 2.75) is 29.9 Å². The van der Waals surface area contributed by atoms with Crippen LogP contribution in [0.1, 0.15) is 13.3 Å². The molecule has 7 heteroatoms. The van der Waals surface area contributed by atoms with Crippen molar-refractivity contribution in [1.29, 1.82) is 0 Å². The summed E-state index contributed by atoms with van der Waals surface area (Å²) in [5.41, 5.74) is 0. The number of hydrogen-bond acceptors (Lipinski definition) is 6. The van der Waals surface area contributed by atoms with Crippen molar-refractivity contribution in [3.05, 3.63) is 0 Å². The van der Waals surface area contributed by atoms with Gasteiger partial charge >= 0.3 is 5.97 Å². The second-order valence-electron chi connectivity index (χ2n) is 3.17. The Morgan fingerprint density at radius 2 is 2.43 bits per heavy atom. The first-order valence-corrected chi connectivity index (χ1v) is 5.14. The molecule has 6 nitrogen and oxygen atoms in total. The molecule has 0 amide bonds. The van der Waals surface area contributed by atoms with Crippen LogP contribution >= 0.6 is 11.8 Å². The van der Waals surface area contributed by atoms with Gasteiger partial charge in [0.15, 0.2) is 0 Å². The van der Waals surface area contributed by atoms with Crippen LogP contribution in [0.2, 0.25) is 0 Å². The van der Waals surface area contributed by atoms with Gasteiger partial charge in [0.1, 0.15) is 11.4 Å². The largest absolute Gasteiger partial charge is 0.462 e. The second-order valence-corrected chi connectivity index (χ2v) is 4.34. The zero-order chi connectivity index (χ0) is 10.1. The highest BCUT2D eigenvalue weighted by Gasteiger charge is 2.33. The summed E-state index contributed by atoms with van der Waals surface area (Å²) in [4.78, 5) is 11.3. The number of thioether (sulfide) groups is 1. The average molecular weight is 214 g/mol. The Balaban J connectivity index is 2.05. The van der Waals surface area contributed by atoms with Crippen LogP contribution in [-0.4, -0.2) is 37.5 Å². The Morgan fingerprint density at radius 1 is 1.64 bits per heavy atom. The molecule has 2 rings (SSSR count). The van der Waals surface area contributed by atoms with E-state index in [4.69, 9.17) is 4.74 Å². The van der Waals surface area contributed by atoms with E-state index < -0.39 is 0 Å². The Bertz CT molecular complexity index is 353. The van der Waals surface area contributed by atoms with E-state index in [1.54, 1.807) is 11.7 Å². The van der Waals surface area contributed by atoms with E-state index in [0.29, 0.717) is 5.16 Å². The zero-order valence-corrected chi connectivity index (χ0v) is 8.69. The monoisotopic (exact) mass is 214 g/mol. The highest BCUT2D eigenvalue weighted by molar-refractivity contribution is 8.00. The maximum absolute atomic E-state index is 11.3. The van der Waals surface area contributed by atoms with Gasteiger partial charge in [-0.25, -0.2) is 4.68 Å². The molecule has 0 saturated carbocycles. The van der Waals surface area contributed by atoms with Gasteiger partial charge in [0.05, 0.1) is 0 Å². The van der Waals surface area contributed by atoms with Crippen LogP contribution in [0.4, 0.5) is 0 Å². The number of carbonyl (C=O) groups is 1. The number of aryl methyl sites for hydroxylation is 1. The predicted molar refractivity (Wildman–Crippen MR) is 48.6 cm³/mol. The molecule has 0 bridgehead atoms. The van der Waals surface area contributed by atoms with Gasteiger partial charge in [-0.05, 0) is 17.4 Å². The summed E-state index contributed by atoms with van der Waals surface area (Å²) in [6.07, 6.45) is 0.720. The Labute approximate surface area is 85.0 Å². The number of esters is 1. The van der Waals surface area contributed by atoms with Gasteiger partial charge in [0.2, 0.25) is 5.16 Å². The first-order valence-electron chi connectivity index (χ1n) is 4.26. The fourth-order valence-electron chi connectivity index (χ4n) is 1.26. The molecule has 1 aliphatic heterocycles. The fourth-order valence-corrected chi connectivity index (χ4v) is 2.31. The summed E-state index contributed by atoms with van der Waals surface area (Å²) in [6, 6.07) is 0. The van der Waals surface area contributed by atoms with Gasteiger partial charge in [-0.15, -0.1) is 5.10 Å². The molecule has 76 valence electrons. The van der Waals surface area contributed by atoms with Gasteiger partial charge < -0.3 is 4.74 Å². The molecular weight excluding hydrogens is 204 g/mol. The fraction of sp³-hybridized carbons (Fsp3) is 0.714. The van der Waals surface area contributed by atoms with Crippen molar-refractivity contribution in [3.8, 4) is 0 Å². The summed E-state index contributed by atoms with van der Waals surface area (Å²) >= 11 is 1.35. The van der Waals surface area contributed by atoms with Crippen LogP contribution in [-0.2, 0) is 16.6 Å². The van der Waals surface area contributed by atoms with E-state index in [-0.39, 0.29) is 17.3 Å². The molecule has 0 N–H and O–H groups in total. The molecular formula is C7H10N4O2S. The number of carbonyl (C=O) groups excluding carboxylic acids is 1. The number of aromatic nitrogens is 4. The third kappa shape index (κ3) is 1.72. The van der Waals surface area contributed by atoms with Gasteiger partial charge in [-0.3, -0.25) is 4.79 Å². The number of ether oxygens (including phenoxy) is 1. The lowest BCUT2D eigenvalue weighted by atomic mass is 10.3. The molecule has 1 saturated heterocycles. The van der Waals surface area contributed by atoms with Gasteiger partial charge in [-0.2, -0.15) is 0 Å². The third-order valence-electron chi connectivity index (χ3n) is 1.96. The lowest BCUT2D eigenvalue weighted by Gasteiger charge is -2.01. The van der Waals surface area contributed by atoms with Gasteiger partial charge in [0, 0.05) is 13.5 Å². The van der Waals surface area contributed by atoms with Crippen molar-refractivity contribution < 1.29 is 9.53 Å². The first kappa shape index (κ1) is 9.45. The minimum absolute atomic E-state index is 0.00110. The van der Waals surface area contributed by atoms with Gasteiger partial charge in [-0.1, -0.05) is 11.8 Å². The van der Waals surface area contributed by atoms with Crippen molar-refractivity contribution in [3.63, 3.8) is 0 Å². The van der Waals surface area contributed by atoms with E-state index in [2.05, 4.69) is 15.5 Å². The van der Waals surface area contributed by atoms with Crippen LogP contribution in [0.25, 0.3) is 0 Å². The van der Waals surface area contributed by atoms with Crippen LogP contribution in [0.3, 0.4) is 0 Å². The molecule has 1 fully saturated rings. The first-order chi connectivity index (χ1) is 6.66. The molecule has 1 aromatic rings. The van der Waals surface area contributed by atoms with Crippen molar-refractivity contribution in [2.75, 3.05) is 0 Å². The minimum atomic E-state index is -0.175. The van der Waals surface area contributed by atoms with E-state index in [0.717, 1.165) is 6.42 Å². The average Bonchev–Trinajstić information content (AvgIpc) is 2.62. The van der Waals surface area contributed by atoms with Crippen molar-refractivity contribution >= 4 is 17.7 Å². The normalized spacial score (nSPS) is 26.6. The molecule has 14 heavy (non-hydrogen) atoms. The number of tetrazole rings is 1. The topological polar surface area (TPSA) is 69.9 Å². The molecule has 0 radical (unpaired) electrons. The molecule has 0 aromatic carbocycles. The zero-order valence-electron chi connectivity index (χ0n) is 7.88. The van der Waals surface area contributed by atoms with E-state index in [1.807, 2.05) is 6.92 Å². The quantitative estimate of drug-likeness (QED) is 0.646. The van der Waals surface area contributed by atoms with Crippen molar-refractivity contribution in [2.24, 2.45) is 7.05 Å². The van der Waals surface area contributed by atoms with E-state index in [1.165, 1.54) is 11.8 Å². The molecule has 0 aliphatic carbocycles. The van der Waals surface area contributed by atoms with E-state index >= 15 is 0 Å². The highest BCUT2D eigenvalue weighted by Crippen LogP contribution is 2.29. The lowest BCUT2D eigenvalue weighted by molar-refractivity contribution is -0.140. The van der Waals surface area contributed by atoms with Crippen LogP contribution in [0, 0.1) is 0 Å². The number of cyclic esters (lactones) is 1. The maximum atomic E-state index is 11.3. The molecule has 0 spiro atoms. The van der Waals surface area contributed by atoms with Gasteiger partial charge in [0.25, 0.3) is 0 Å². The standard InChI is InChI=1S/C7H10N4O2S/c1-4-3-5(6(12)13-4)14-7-8-9-10-11(7)2/h4-5H,3H2,1-2H3. The molecule has 2 atom stereocenters. The lowest BCUT2D eigenvalue weighted by Crippen LogP contribution is -2.10. The molecule has 1 aliphatic rings. The minimum Gasteiger partial charge on any atom is -0.462 e. The summed E-state index contributed by atoms with van der Waals surface area (Å²) in [7, 11) is 1.74. The van der Waals surface area contributed by atoms with Crippen LogP contribution in [0.5, 0.6) is 0 Å². The number of nitrogens with zero attached hydrogens (tertiary/aromatic N) is 4. The highest BCUT2D eigenvalue weighted by atomic mass is 32.2. The second kappa shape index (κ2) is 3.56. The smallest absolute Gasteiger partial charge is 0.319 e. The number of hydrogen-bond donors (Lipinski definition) is 0. The summed E-state index contributed by atoms with van der Waals surface area (Å²) in [6.45, 7) is 1.88. The maximum Gasteiger partial charge on any atom is 0.319 e. The van der Waals surface area contributed by atoms with Crippen LogP contribution < -0.4 is 0 Å². The Kier molecular flexibility index (Phi) is 2.40. The molecule has 2 unspecified atom stereocenters. The molecule has 1 aromatic heterocycles. The summed E-state index contributed by atoms with van der Waals surface area (Å²) in [5, 5.41) is 11.4. The number of rotatable bonds is 2. The SMILES string of the molecule is CC1CC(Sc2nnnn2C)C(=O)O1. The molecule has 2 heterocycles. The van der Waals surface area contributed by atoms with Crippen molar-refractivity contribution in [1.82, 2.24) is 20.2 Å². The predicted octanol–water partition coefficient (Wildman–Crippen LogP) is 0.00620. The third-order valence-corrected chi connectivity index (χ3v) is 3.18.